The van der Waals surface area contributed by atoms with Crippen LogP contribution in [0.1, 0.15) is 12.0 Å². The first-order valence-electron chi connectivity index (χ1n) is 8.28. The van der Waals surface area contributed by atoms with E-state index in [0.717, 1.165) is 16.6 Å². The third-order valence-electron chi connectivity index (χ3n) is 4.50. The molecule has 4 rings (SSSR count). The predicted molar refractivity (Wildman–Crippen MR) is 104 cm³/mol. The molecule has 8 nitrogen and oxygen atoms in total. The van der Waals surface area contributed by atoms with Crippen LogP contribution in [0.4, 0.5) is 0 Å². The van der Waals surface area contributed by atoms with Gasteiger partial charge in [0.2, 0.25) is 0 Å². The normalized spacial score (nSPS) is 13.8. The van der Waals surface area contributed by atoms with Crippen molar-refractivity contribution in [3.63, 3.8) is 0 Å². The molecule has 1 aromatic carbocycles. The molecule has 0 aliphatic carbocycles. The highest BCUT2D eigenvalue weighted by Gasteiger charge is 2.20. The number of aryl methyl sites for hydroxylation is 1. The van der Waals surface area contributed by atoms with Gasteiger partial charge >= 0.3 is 5.69 Å². The van der Waals surface area contributed by atoms with E-state index in [-0.39, 0.29) is 5.52 Å². The number of nitrogens with zero attached hydrogens (tertiary/aromatic N) is 4. The number of hydrogen-bond acceptors (Lipinski definition) is 5. The Morgan fingerprint density at radius 1 is 1.19 bits per heavy atom. The zero-order valence-electron chi connectivity index (χ0n) is 14.7. The van der Waals surface area contributed by atoms with Gasteiger partial charge in [-0.15, -0.1) is 0 Å². The van der Waals surface area contributed by atoms with Crippen LogP contribution in [0.2, 0.25) is 5.02 Å². The minimum Gasteiger partial charge on any atom is -0.489 e. The fourth-order valence-corrected chi connectivity index (χ4v) is 3.92. The van der Waals surface area contributed by atoms with E-state index in [0.29, 0.717) is 46.7 Å². The lowest BCUT2D eigenvalue weighted by Crippen LogP contribution is -2.37. The third-order valence-corrected chi connectivity index (χ3v) is 5.38. The topological polar surface area (TPSA) is 80.3 Å². The first-order valence-corrected chi connectivity index (χ1v) is 9.45. The Bertz CT molecular complexity index is 1180. The van der Waals surface area contributed by atoms with Crippen LogP contribution < -0.4 is 20.7 Å². The van der Waals surface area contributed by atoms with Gasteiger partial charge < -0.3 is 9.47 Å². The molecule has 1 aliphatic heterocycles. The highest BCUT2D eigenvalue weighted by Crippen LogP contribution is 2.38. The third kappa shape index (κ3) is 2.94. The number of hydrogen-bond donors (Lipinski definition) is 0. The standard InChI is InChI=1S/C17H16BrClN4O4/c1-21-14-12(15(24)22(2)17(21)25)20-16(18)23(14)8-9-6-10(19)13-11(7-9)26-4-3-5-27-13/h6-7H,3-5,8H2,1-2H3. The van der Waals surface area contributed by atoms with Crippen LogP contribution in [-0.2, 0) is 20.6 Å². The van der Waals surface area contributed by atoms with E-state index in [9.17, 15) is 9.59 Å². The molecule has 1 aliphatic rings. The number of benzene rings is 1. The second-order valence-corrected chi connectivity index (χ2v) is 7.42. The summed E-state index contributed by atoms with van der Waals surface area (Å²) in [4.78, 5) is 29.0. The average molecular weight is 456 g/mol. The lowest BCUT2D eigenvalue weighted by Gasteiger charge is -2.13. The molecule has 0 atom stereocenters. The molecule has 10 heteroatoms. The lowest BCUT2D eigenvalue weighted by atomic mass is 10.2. The maximum Gasteiger partial charge on any atom is 0.332 e. The van der Waals surface area contributed by atoms with Crippen LogP contribution in [0, 0.1) is 0 Å². The van der Waals surface area contributed by atoms with Gasteiger partial charge in [0.15, 0.2) is 27.4 Å². The van der Waals surface area contributed by atoms with Gasteiger partial charge in [0.25, 0.3) is 5.56 Å². The number of fused-ring (bicyclic) bond motifs is 2. The molecule has 0 unspecified atom stereocenters. The van der Waals surface area contributed by atoms with Crippen LogP contribution in [0.25, 0.3) is 11.2 Å². The molecule has 0 bridgehead atoms. The summed E-state index contributed by atoms with van der Waals surface area (Å²) in [5.41, 5.74) is 0.615. The second-order valence-electron chi connectivity index (χ2n) is 6.30. The Balaban J connectivity index is 1.87. The fraction of sp³-hybridized carbons (Fsp3) is 0.353. The average Bonchev–Trinajstić information content (AvgIpc) is 2.82. The molecule has 0 N–H and O–H groups in total. The van der Waals surface area contributed by atoms with Crippen molar-refractivity contribution in [1.82, 2.24) is 18.7 Å². The Labute approximate surface area is 167 Å². The van der Waals surface area contributed by atoms with E-state index < -0.39 is 11.2 Å². The van der Waals surface area contributed by atoms with E-state index in [1.54, 1.807) is 17.7 Å². The summed E-state index contributed by atoms with van der Waals surface area (Å²) in [6.45, 7) is 1.44. The molecule has 3 heterocycles. The molecule has 0 saturated heterocycles. The van der Waals surface area contributed by atoms with E-state index >= 15 is 0 Å². The van der Waals surface area contributed by atoms with Gasteiger partial charge in [0.05, 0.1) is 24.8 Å². The zero-order chi connectivity index (χ0) is 19.3. The molecular weight excluding hydrogens is 440 g/mol. The van der Waals surface area contributed by atoms with Gasteiger partial charge in [-0.25, -0.2) is 9.78 Å². The fourth-order valence-electron chi connectivity index (χ4n) is 3.16. The van der Waals surface area contributed by atoms with Crippen molar-refractivity contribution < 1.29 is 9.47 Å². The Morgan fingerprint density at radius 2 is 1.93 bits per heavy atom. The summed E-state index contributed by atoms with van der Waals surface area (Å²) in [7, 11) is 3.04. The van der Waals surface area contributed by atoms with Crippen molar-refractivity contribution in [1.29, 1.82) is 0 Å². The highest BCUT2D eigenvalue weighted by atomic mass is 79.9. The summed E-state index contributed by atoms with van der Waals surface area (Å²) in [6, 6.07) is 3.64. The van der Waals surface area contributed by atoms with Gasteiger partial charge in [-0.05, 0) is 33.6 Å². The van der Waals surface area contributed by atoms with E-state index in [1.807, 2.05) is 6.07 Å². The molecule has 0 spiro atoms. The van der Waals surface area contributed by atoms with Crippen LogP contribution in [0.15, 0.2) is 26.5 Å². The van der Waals surface area contributed by atoms with E-state index in [1.165, 1.54) is 11.6 Å². The van der Waals surface area contributed by atoms with Crippen LogP contribution in [-0.4, -0.2) is 31.9 Å². The predicted octanol–water partition coefficient (Wildman–Crippen LogP) is 2.06. The Morgan fingerprint density at radius 3 is 2.70 bits per heavy atom. The van der Waals surface area contributed by atoms with Crippen molar-refractivity contribution in [2.75, 3.05) is 13.2 Å². The largest absolute Gasteiger partial charge is 0.489 e. The monoisotopic (exact) mass is 454 g/mol. The quantitative estimate of drug-likeness (QED) is 0.553. The van der Waals surface area contributed by atoms with Crippen molar-refractivity contribution in [3.05, 3.63) is 48.3 Å². The van der Waals surface area contributed by atoms with E-state index in [2.05, 4.69) is 20.9 Å². The van der Waals surface area contributed by atoms with Crippen LogP contribution in [0.3, 0.4) is 0 Å². The maximum atomic E-state index is 12.4. The Hall–Kier alpha value is -2.26. The maximum absolute atomic E-state index is 12.4. The molecule has 0 saturated carbocycles. The summed E-state index contributed by atoms with van der Waals surface area (Å²) in [5.74, 6) is 1.12. The van der Waals surface area contributed by atoms with Gasteiger partial charge in [-0.3, -0.25) is 18.5 Å². The van der Waals surface area contributed by atoms with Gasteiger partial charge in [-0.2, -0.15) is 0 Å². The highest BCUT2D eigenvalue weighted by molar-refractivity contribution is 9.10. The minimum atomic E-state index is -0.441. The number of imidazole rings is 1. The Kier molecular flexibility index (Phi) is 4.51. The molecular formula is C17H16BrClN4O4. The molecule has 0 radical (unpaired) electrons. The van der Waals surface area contributed by atoms with Gasteiger partial charge in [0, 0.05) is 20.5 Å². The lowest BCUT2D eigenvalue weighted by molar-refractivity contribution is 0.297. The molecule has 0 amide bonds. The minimum absolute atomic E-state index is 0.215. The summed E-state index contributed by atoms with van der Waals surface area (Å²) in [6.07, 6.45) is 0.781. The second kappa shape index (κ2) is 6.72. The number of halogens is 2. The number of ether oxygens (including phenoxy) is 2. The molecule has 2 aromatic heterocycles. The van der Waals surface area contributed by atoms with Crippen molar-refractivity contribution in [2.24, 2.45) is 14.1 Å². The van der Waals surface area contributed by atoms with Gasteiger partial charge in [0.1, 0.15) is 0 Å². The first kappa shape index (κ1) is 18.1. The summed E-state index contributed by atoms with van der Waals surface area (Å²) < 4.78 is 16.0. The van der Waals surface area contributed by atoms with Gasteiger partial charge in [-0.1, -0.05) is 11.6 Å². The smallest absolute Gasteiger partial charge is 0.332 e. The number of rotatable bonds is 2. The molecule has 0 fully saturated rings. The first-order chi connectivity index (χ1) is 12.9. The van der Waals surface area contributed by atoms with Crippen molar-refractivity contribution >= 4 is 38.7 Å². The van der Waals surface area contributed by atoms with Crippen molar-refractivity contribution in [2.45, 2.75) is 13.0 Å². The number of aromatic nitrogens is 4. The summed E-state index contributed by atoms with van der Waals surface area (Å²) >= 11 is 9.76. The van der Waals surface area contributed by atoms with E-state index in [4.69, 9.17) is 21.1 Å². The van der Waals surface area contributed by atoms with Crippen LogP contribution >= 0.6 is 27.5 Å². The molecule has 142 valence electrons. The summed E-state index contributed by atoms with van der Waals surface area (Å²) in [5, 5.41) is 0.453. The van der Waals surface area contributed by atoms with Crippen molar-refractivity contribution in [3.8, 4) is 11.5 Å². The van der Waals surface area contributed by atoms with Crippen LogP contribution in [0.5, 0.6) is 11.5 Å². The zero-order valence-corrected chi connectivity index (χ0v) is 17.0. The SMILES string of the molecule is Cn1c(=O)c2nc(Br)n(Cc3cc(Cl)c4c(c3)OCCCO4)c2n(C)c1=O. The molecule has 3 aromatic rings. The molecule has 27 heavy (non-hydrogen) atoms.